The van der Waals surface area contributed by atoms with Gasteiger partial charge in [0.2, 0.25) is 5.95 Å². The molecule has 0 saturated carbocycles. The highest BCUT2D eigenvalue weighted by Gasteiger charge is 2.26. The van der Waals surface area contributed by atoms with Crippen molar-refractivity contribution >= 4 is 39.1 Å². The fraction of sp³-hybridized carbons (Fsp3) is 0.429. The molecule has 5 nitrogen and oxygen atoms in total. The van der Waals surface area contributed by atoms with Gasteiger partial charge in [0.25, 0.3) is 5.56 Å². The zero-order valence-corrected chi connectivity index (χ0v) is 17.9. The third kappa shape index (κ3) is 3.69. The number of fused-ring (bicyclic) bond motifs is 3. The van der Waals surface area contributed by atoms with Gasteiger partial charge >= 0.3 is 0 Å². The molecule has 1 unspecified atom stereocenters. The van der Waals surface area contributed by atoms with E-state index in [9.17, 15) is 4.79 Å². The van der Waals surface area contributed by atoms with Gasteiger partial charge in [-0.25, -0.2) is 9.55 Å². The lowest BCUT2D eigenvalue weighted by Crippen LogP contribution is -3.08. The number of likely N-dealkylation sites (N-methyl/N-ethyl adjacent to an activating group) is 1. The van der Waals surface area contributed by atoms with Crippen LogP contribution in [0.2, 0.25) is 5.02 Å². The predicted octanol–water partition coefficient (Wildman–Crippen LogP) is 3.27. The molecule has 0 aliphatic carbocycles. The number of unbranched alkanes of at least 4 members (excludes halogenated alkanes) is 2. The average Bonchev–Trinajstić information content (AvgIpc) is 3.02. The minimum atomic E-state index is 0.00214. The number of nitrogens with one attached hydrogen (secondary N) is 2. The largest absolute Gasteiger partial charge is 0.355 e. The van der Waals surface area contributed by atoms with E-state index in [-0.39, 0.29) is 5.56 Å². The molecule has 0 saturated heterocycles. The Hall–Kier alpha value is -1.89. The van der Waals surface area contributed by atoms with E-state index in [1.807, 2.05) is 24.3 Å². The van der Waals surface area contributed by atoms with E-state index >= 15 is 0 Å². The Kier molecular flexibility index (Phi) is 5.71. The van der Waals surface area contributed by atoms with Crippen LogP contribution in [0, 0.1) is 0 Å². The van der Waals surface area contributed by atoms with Crippen molar-refractivity contribution < 1.29 is 4.90 Å². The Balaban J connectivity index is 1.87. The quantitative estimate of drug-likeness (QED) is 0.605. The number of nitrogens with zero attached hydrogens (tertiary/aromatic N) is 2. The maximum Gasteiger partial charge on any atom is 0.268 e. The number of hydrogen-bond acceptors (Lipinski definition) is 4. The third-order valence-electron chi connectivity index (χ3n) is 5.30. The molecular weight excluding hydrogens is 392 g/mol. The highest BCUT2D eigenvalue weighted by atomic mass is 35.5. The smallest absolute Gasteiger partial charge is 0.268 e. The van der Waals surface area contributed by atoms with Crippen molar-refractivity contribution in [2.45, 2.75) is 39.2 Å². The molecule has 4 rings (SSSR count). The van der Waals surface area contributed by atoms with Gasteiger partial charge in [0, 0.05) is 18.0 Å². The van der Waals surface area contributed by atoms with E-state index in [4.69, 9.17) is 16.6 Å². The summed E-state index contributed by atoms with van der Waals surface area (Å²) in [6.07, 6.45) is 4.29. The molecule has 7 heteroatoms. The maximum atomic E-state index is 13.6. The molecule has 0 spiro atoms. The van der Waals surface area contributed by atoms with Crippen LogP contribution in [0.15, 0.2) is 29.1 Å². The summed E-state index contributed by atoms with van der Waals surface area (Å²) in [5.74, 6) is 0.607. The van der Waals surface area contributed by atoms with Crippen LogP contribution in [0.3, 0.4) is 0 Å². The van der Waals surface area contributed by atoms with Crippen LogP contribution in [0.4, 0.5) is 5.95 Å². The second-order valence-electron chi connectivity index (χ2n) is 7.51. The van der Waals surface area contributed by atoms with Crippen LogP contribution in [0.25, 0.3) is 15.9 Å². The zero-order chi connectivity index (χ0) is 19.7. The van der Waals surface area contributed by atoms with Crippen molar-refractivity contribution in [1.29, 1.82) is 0 Å². The Morgan fingerprint density at radius 1 is 1.36 bits per heavy atom. The monoisotopic (exact) mass is 417 g/mol. The second kappa shape index (κ2) is 8.23. The average molecular weight is 418 g/mol. The van der Waals surface area contributed by atoms with E-state index < -0.39 is 0 Å². The van der Waals surface area contributed by atoms with Gasteiger partial charge in [0.15, 0.2) is 0 Å². The standard InChI is InChI=1S/C21H25ClN4OS/c1-3-4-5-10-23-21-24-19-18(16-9-11-25(2)13-17(16)28-19)20(27)26(21)15-8-6-7-14(22)12-15/h6-8,12H,3-5,9-11,13H2,1-2H3,(H,23,24)/p+1. The van der Waals surface area contributed by atoms with Crippen LogP contribution >= 0.6 is 22.9 Å². The molecule has 0 bridgehead atoms. The lowest BCUT2D eigenvalue weighted by atomic mass is 10.1. The highest BCUT2D eigenvalue weighted by Crippen LogP contribution is 2.31. The summed E-state index contributed by atoms with van der Waals surface area (Å²) in [6.45, 7) is 4.99. The molecule has 2 aromatic heterocycles. The van der Waals surface area contributed by atoms with Crippen LogP contribution in [0.5, 0.6) is 0 Å². The molecule has 28 heavy (non-hydrogen) atoms. The van der Waals surface area contributed by atoms with Crippen molar-refractivity contribution in [2.75, 3.05) is 25.5 Å². The Labute approximate surface area is 174 Å². The molecule has 3 aromatic rings. The van der Waals surface area contributed by atoms with Gasteiger partial charge in [-0.15, -0.1) is 11.3 Å². The normalized spacial score (nSPS) is 16.3. The summed E-state index contributed by atoms with van der Waals surface area (Å²) < 4.78 is 1.69. The van der Waals surface area contributed by atoms with E-state index in [0.717, 1.165) is 61.2 Å². The first kappa shape index (κ1) is 19.4. The number of anilines is 1. The molecular formula is C21H26ClN4OS+. The number of rotatable bonds is 6. The number of benzene rings is 1. The van der Waals surface area contributed by atoms with Crippen LogP contribution in [-0.4, -0.2) is 29.7 Å². The molecule has 1 aliphatic heterocycles. The molecule has 148 valence electrons. The Morgan fingerprint density at radius 2 is 2.21 bits per heavy atom. The lowest BCUT2D eigenvalue weighted by Gasteiger charge is -2.19. The molecule has 1 atom stereocenters. The van der Waals surface area contributed by atoms with Crippen molar-refractivity contribution in [3.63, 3.8) is 0 Å². The second-order valence-corrected chi connectivity index (χ2v) is 9.03. The van der Waals surface area contributed by atoms with E-state index in [1.165, 1.54) is 15.3 Å². The zero-order valence-electron chi connectivity index (χ0n) is 16.3. The number of aromatic nitrogens is 2. The van der Waals surface area contributed by atoms with Crippen molar-refractivity contribution in [1.82, 2.24) is 9.55 Å². The van der Waals surface area contributed by atoms with Crippen LogP contribution in [-0.2, 0) is 13.0 Å². The summed E-state index contributed by atoms with van der Waals surface area (Å²) in [4.78, 5) is 22.1. The summed E-state index contributed by atoms with van der Waals surface area (Å²) in [5, 5.41) is 4.79. The third-order valence-corrected chi connectivity index (χ3v) is 6.66. The minimum absolute atomic E-state index is 0.00214. The Bertz CT molecular complexity index is 1060. The predicted molar refractivity (Wildman–Crippen MR) is 117 cm³/mol. The van der Waals surface area contributed by atoms with Crippen molar-refractivity contribution in [2.24, 2.45) is 0 Å². The van der Waals surface area contributed by atoms with Gasteiger partial charge in [-0.3, -0.25) is 4.79 Å². The van der Waals surface area contributed by atoms with Crippen LogP contribution < -0.4 is 15.8 Å². The van der Waals surface area contributed by atoms with Crippen molar-refractivity contribution in [3.05, 3.63) is 50.1 Å². The fourth-order valence-corrected chi connectivity index (χ4v) is 5.32. The van der Waals surface area contributed by atoms with Crippen LogP contribution in [0.1, 0.15) is 36.6 Å². The molecule has 0 amide bonds. The first-order valence-corrected chi connectivity index (χ1v) is 11.2. The highest BCUT2D eigenvalue weighted by molar-refractivity contribution is 7.18. The number of halogens is 1. The summed E-state index contributed by atoms with van der Waals surface area (Å²) in [5.41, 5.74) is 1.95. The van der Waals surface area contributed by atoms with Gasteiger partial charge in [0.1, 0.15) is 11.4 Å². The first-order valence-electron chi connectivity index (χ1n) is 9.97. The number of quaternary nitrogens is 1. The number of thiophene rings is 1. The summed E-state index contributed by atoms with van der Waals surface area (Å²) >= 11 is 7.89. The lowest BCUT2D eigenvalue weighted by molar-refractivity contribution is -0.895. The molecule has 1 aliphatic rings. The molecule has 0 radical (unpaired) electrons. The molecule has 1 aromatic carbocycles. The van der Waals surface area contributed by atoms with E-state index in [1.54, 1.807) is 15.9 Å². The summed E-state index contributed by atoms with van der Waals surface area (Å²) in [7, 11) is 2.20. The SMILES string of the molecule is CCCCCNc1nc2sc3c(c2c(=O)n1-c1cccc(Cl)c1)CC[NH+](C)C3. The molecule has 3 heterocycles. The van der Waals surface area contributed by atoms with Gasteiger partial charge in [-0.05, 0) is 30.2 Å². The van der Waals surface area contributed by atoms with Gasteiger partial charge < -0.3 is 10.2 Å². The van der Waals surface area contributed by atoms with Gasteiger partial charge in [-0.2, -0.15) is 0 Å². The topological polar surface area (TPSA) is 51.4 Å². The van der Waals surface area contributed by atoms with Gasteiger partial charge in [-0.1, -0.05) is 37.4 Å². The van der Waals surface area contributed by atoms with E-state index in [2.05, 4.69) is 19.3 Å². The maximum absolute atomic E-state index is 13.6. The summed E-state index contributed by atoms with van der Waals surface area (Å²) in [6, 6.07) is 7.43. The first-order chi connectivity index (χ1) is 13.6. The van der Waals surface area contributed by atoms with E-state index in [0.29, 0.717) is 11.0 Å². The minimum Gasteiger partial charge on any atom is -0.355 e. The molecule has 2 N–H and O–H groups in total. The fourth-order valence-electron chi connectivity index (χ4n) is 3.81. The molecule has 0 fully saturated rings. The van der Waals surface area contributed by atoms with Crippen molar-refractivity contribution in [3.8, 4) is 5.69 Å². The number of hydrogen-bond donors (Lipinski definition) is 2. The van der Waals surface area contributed by atoms with Gasteiger partial charge in [0.05, 0.1) is 29.5 Å². The Morgan fingerprint density at radius 3 is 3.00 bits per heavy atom.